The van der Waals surface area contributed by atoms with Gasteiger partial charge in [0.05, 0.1) is 17.1 Å². The summed E-state index contributed by atoms with van der Waals surface area (Å²) < 4.78 is 23.2. The van der Waals surface area contributed by atoms with Gasteiger partial charge in [-0.25, -0.2) is 8.42 Å². The summed E-state index contributed by atoms with van der Waals surface area (Å²) in [5.74, 6) is 0.456. The highest BCUT2D eigenvalue weighted by Gasteiger charge is 2.29. The Morgan fingerprint density at radius 2 is 1.83 bits per heavy atom. The van der Waals surface area contributed by atoms with Crippen LogP contribution in [0.4, 0.5) is 0 Å². The number of hydrogen-bond acceptors (Lipinski definition) is 4. The summed E-state index contributed by atoms with van der Waals surface area (Å²) in [7, 11) is -2.89. The predicted molar refractivity (Wildman–Crippen MR) is 93.7 cm³/mol. The van der Waals surface area contributed by atoms with E-state index in [1.54, 1.807) is 0 Å². The Hall–Kier alpha value is -1.01. The maximum absolute atomic E-state index is 12.6. The molecule has 0 bridgehead atoms. The lowest BCUT2D eigenvalue weighted by Crippen LogP contribution is -2.36. The van der Waals surface area contributed by atoms with Crippen LogP contribution in [-0.4, -0.2) is 37.1 Å². The minimum absolute atomic E-state index is 0.0270. The number of amides is 1. The fourth-order valence-electron chi connectivity index (χ4n) is 3.30. The van der Waals surface area contributed by atoms with Crippen LogP contribution >= 0.6 is 11.8 Å². The van der Waals surface area contributed by atoms with Crippen molar-refractivity contribution in [2.45, 2.75) is 54.7 Å². The van der Waals surface area contributed by atoms with Crippen LogP contribution < -0.4 is 5.32 Å². The quantitative estimate of drug-likeness (QED) is 0.904. The monoisotopic (exact) mass is 353 g/mol. The Morgan fingerprint density at radius 1 is 1.09 bits per heavy atom. The zero-order chi connectivity index (χ0) is 16.3. The van der Waals surface area contributed by atoms with Crippen molar-refractivity contribution in [3.63, 3.8) is 0 Å². The summed E-state index contributed by atoms with van der Waals surface area (Å²) in [4.78, 5) is 13.5. The SMILES string of the molecule is O=C(NC1CCCCC1)c1ccccc1SC1CCS(=O)(=O)C1. The second-order valence-corrected chi connectivity index (χ2v) is 10.0. The molecule has 1 aromatic rings. The van der Waals surface area contributed by atoms with Gasteiger partial charge in [0.15, 0.2) is 9.84 Å². The van der Waals surface area contributed by atoms with Crippen molar-refractivity contribution in [1.29, 1.82) is 0 Å². The van der Waals surface area contributed by atoms with Crippen molar-refractivity contribution in [1.82, 2.24) is 5.32 Å². The Morgan fingerprint density at radius 3 is 2.52 bits per heavy atom. The van der Waals surface area contributed by atoms with E-state index in [4.69, 9.17) is 0 Å². The van der Waals surface area contributed by atoms with Crippen LogP contribution in [0, 0.1) is 0 Å². The number of hydrogen-bond donors (Lipinski definition) is 1. The predicted octanol–water partition coefficient (Wildman–Crippen LogP) is 3.03. The third-order valence-corrected chi connectivity index (χ3v) is 7.88. The summed E-state index contributed by atoms with van der Waals surface area (Å²) >= 11 is 1.53. The zero-order valence-corrected chi connectivity index (χ0v) is 14.8. The maximum atomic E-state index is 12.6. The fraction of sp³-hybridized carbons (Fsp3) is 0.588. The first-order valence-electron chi connectivity index (χ1n) is 8.30. The van der Waals surface area contributed by atoms with Gasteiger partial charge in [0.1, 0.15) is 0 Å². The van der Waals surface area contributed by atoms with Crippen LogP contribution in [-0.2, 0) is 9.84 Å². The molecule has 1 amide bonds. The molecule has 1 saturated heterocycles. The Labute approximate surface area is 142 Å². The van der Waals surface area contributed by atoms with E-state index in [9.17, 15) is 13.2 Å². The van der Waals surface area contributed by atoms with E-state index in [1.165, 1.54) is 31.0 Å². The maximum Gasteiger partial charge on any atom is 0.252 e. The summed E-state index contributed by atoms with van der Waals surface area (Å²) in [6.45, 7) is 0. The van der Waals surface area contributed by atoms with Gasteiger partial charge in [0, 0.05) is 16.2 Å². The van der Waals surface area contributed by atoms with E-state index >= 15 is 0 Å². The van der Waals surface area contributed by atoms with Gasteiger partial charge in [-0.15, -0.1) is 11.8 Å². The minimum atomic E-state index is -2.89. The number of carbonyl (C=O) groups excluding carboxylic acids is 1. The molecule has 126 valence electrons. The molecule has 4 nitrogen and oxygen atoms in total. The molecule has 1 heterocycles. The lowest BCUT2D eigenvalue weighted by molar-refractivity contribution is 0.0924. The van der Waals surface area contributed by atoms with Crippen molar-refractivity contribution >= 4 is 27.5 Å². The molecular formula is C17H23NO3S2. The Bertz CT molecular complexity index is 666. The van der Waals surface area contributed by atoms with E-state index in [1.807, 2.05) is 24.3 Å². The van der Waals surface area contributed by atoms with E-state index in [2.05, 4.69) is 5.32 Å². The van der Waals surface area contributed by atoms with Gasteiger partial charge in [-0.05, 0) is 31.4 Å². The average molecular weight is 354 g/mol. The molecule has 1 N–H and O–H groups in total. The lowest BCUT2D eigenvalue weighted by Gasteiger charge is -2.23. The molecule has 0 spiro atoms. The molecule has 1 atom stereocenters. The van der Waals surface area contributed by atoms with Gasteiger partial charge in [-0.1, -0.05) is 31.4 Å². The van der Waals surface area contributed by atoms with Gasteiger partial charge in [-0.3, -0.25) is 4.79 Å². The molecular weight excluding hydrogens is 330 g/mol. The molecule has 0 aromatic heterocycles. The fourth-order valence-corrected chi connectivity index (χ4v) is 6.93. The van der Waals surface area contributed by atoms with Crippen LogP contribution in [0.5, 0.6) is 0 Å². The van der Waals surface area contributed by atoms with E-state index in [0.29, 0.717) is 12.0 Å². The normalized spacial score (nSPS) is 24.4. The van der Waals surface area contributed by atoms with Crippen molar-refractivity contribution < 1.29 is 13.2 Å². The smallest absolute Gasteiger partial charge is 0.252 e. The first-order valence-corrected chi connectivity index (χ1v) is 11.0. The summed E-state index contributed by atoms with van der Waals surface area (Å²) in [5.41, 5.74) is 0.673. The summed E-state index contributed by atoms with van der Waals surface area (Å²) in [6.07, 6.45) is 6.41. The van der Waals surface area contributed by atoms with Crippen LogP contribution in [0.25, 0.3) is 0 Å². The Kier molecular flexibility index (Phi) is 5.31. The number of nitrogens with one attached hydrogen (secondary N) is 1. The third-order valence-electron chi connectivity index (χ3n) is 4.56. The number of carbonyl (C=O) groups is 1. The molecule has 2 aliphatic rings. The molecule has 2 fully saturated rings. The molecule has 3 rings (SSSR count). The van der Waals surface area contributed by atoms with Gasteiger partial charge in [0.25, 0.3) is 5.91 Å². The average Bonchev–Trinajstić information content (AvgIpc) is 2.87. The zero-order valence-electron chi connectivity index (χ0n) is 13.2. The number of benzene rings is 1. The highest BCUT2D eigenvalue weighted by atomic mass is 32.2. The highest BCUT2D eigenvalue weighted by Crippen LogP contribution is 2.33. The van der Waals surface area contributed by atoms with Gasteiger partial charge >= 0.3 is 0 Å². The topological polar surface area (TPSA) is 63.2 Å². The van der Waals surface area contributed by atoms with Crippen LogP contribution in [0.2, 0.25) is 0 Å². The number of rotatable bonds is 4. The standard InChI is InChI=1S/C17H23NO3S2/c19-17(18-13-6-2-1-3-7-13)15-8-4-5-9-16(15)22-14-10-11-23(20,21)12-14/h4-5,8-9,13-14H,1-3,6-7,10-12H2,(H,18,19). The molecule has 1 aliphatic heterocycles. The van der Waals surface area contributed by atoms with E-state index in [-0.39, 0.29) is 28.7 Å². The minimum Gasteiger partial charge on any atom is -0.349 e. The molecule has 1 saturated carbocycles. The Balaban J connectivity index is 1.68. The number of sulfone groups is 1. The van der Waals surface area contributed by atoms with E-state index in [0.717, 1.165) is 17.7 Å². The second-order valence-electron chi connectivity index (χ2n) is 6.45. The van der Waals surface area contributed by atoms with Crippen molar-refractivity contribution in [2.24, 2.45) is 0 Å². The first kappa shape index (κ1) is 16.8. The van der Waals surface area contributed by atoms with Crippen LogP contribution in [0.15, 0.2) is 29.2 Å². The second kappa shape index (κ2) is 7.26. The van der Waals surface area contributed by atoms with Crippen LogP contribution in [0.1, 0.15) is 48.9 Å². The van der Waals surface area contributed by atoms with Gasteiger partial charge < -0.3 is 5.32 Å². The van der Waals surface area contributed by atoms with E-state index < -0.39 is 9.84 Å². The third kappa shape index (κ3) is 4.51. The molecule has 23 heavy (non-hydrogen) atoms. The van der Waals surface area contributed by atoms with Gasteiger partial charge in [-0.2, -0.15) is 0 Å². The summed E-state index contributed by atoms with van der Waals surface area (Å²) in [6, 6.07) is 7.81. The highest BCUT2D eigenvalue weighted by molar-refractivity contribution is 8.02. The van der Waals surface area contributed by atoms with Crippen LogP contribution in [0.3, 0.4) is 0 Å². The molecule has 1 aromatic carbocycles. The van der Waals surface area contributed by atoms with Crippen molar-refractivity contribution in [3.8, 4) is 0 Å². The molecule has 1 aliphatic carbocycles. The lowest BCUT2D eigenvalue weighted by atomic mass is 9.95. The van der Waals surface area contributed by atoms with Gasteiger partial charge in [0.2, 0.25) is 0 Å². The van der Waals surface area contributed by atoms with Crippen molar-refractivity contribution in [3.05, 3.63) is 29.8 Å². The first-order chi connectivity index (χ1) is 11.0. The molecule has 6 heteroatoms. The molecule has 0 radical (unpaired) electrons. The summed E-state index contributed by atoms with van der Waals surface area (Å²) in [5, 5.41) is 3.21. The largest absolute Gasteiger partial charge is 0.349 e. The van der Waals surface area contributed by atoms with Crippen molar-refractivity contribution in [2.75, 3.05) is 11.5 Å². The number of thioether (sulfide) groups is 1. The molecule has 1 unspecified atom stereocenters.